The quantitative estimate of drug-likeness (QED) is 0.740. The SMILES string of the molecule is CCNCC1CCN(C(=O)c2ccccc2S(=O)(=O)N2CCOCC2)CC1.Cl. The summed E-state index contributed by atoms with van der Waals surface area (Å²) in [6.07, 6.45) is 1.88. The summed E-state index contributed by atoms with van der Waals surface area (Å²) in [7, 11) is -3.70. The van der Waals surface area contributed by atoms with Gasteiger partial charge in [0.25, 0.3) is 5.91 Å². The van der Waals surface area contributed by atoms with Gasteiger partial charge in [-0.1, -0.05) is 19.1 Å². The summed E-state index contributed by atoms with van der Waals surface area (Å²) < 4.78 is 32.8. The van der Waals surface area contributed by atoms with Crippen LogP contribution in [0, 0.1) is 5.92 Å². The summed E-state index contributed by atoms with van der Waals surface area (Å²) in [6.45, 7) is 6.75. The molecule has 0 saturated carbocycles. The van der Waals surface area contributed by atoms with Crippen LogP contribution in [0.3, 0.4) is 0 Å². The minimum Gasteiger partial charge on any atom is -0.379 e. The molecule has 1 amide bonds. The number of hydrogen-bond acceptors (Lipinski definition) is 5. The zero-order chi connectivity index (χ0) is 19.3. The van der Waals surface area contributed by atoms with E-state index in [0.717, 1.165) is 25.9 Å². The highest BCUT2D eigenvalue weighted by molar-refractivity contribution is 7.89. The summed E-state index contributed by atoms with van der Waals surface area (Å²) in [4.78, 5) is 15.0. The number of amides is 1. The minimum absolute atomic E-state index is 0. The van der Waals surface area contributed by atoms with Crippen LogP contribution in [-0.2, 0) is 14.8 Å². The number of piperidine rings is 1. The van der Waals surface area contributed by atoms with Gasteiger partial charge in [-0.2, -0.15) is 4.31 Å². The minimum atomic E-state index is -3.70. The molecule has 1 aromatic carbocycles. The normalized spacial score (nSPS) is 19.2. The molecule has 2 fully saturated rings. The molecular formula is C19H30ClN3O4S. The Morgan fingerprint density at radius 3 is 2.43 bits per heavy atom. The molecule has 158 valence electrons. The highest BCUT2D eigenvalue weighted by Gasteiger charge is 2.32. The average Bonchev–Trinajstić information content (AvgIpc) is 2.72. The Morgan fingerprint density at radius 2 is 1.79 bits per heavy atom. The van der Waals surface area contributed by atoms with E-state index in [1.165, 1.54) is 10.4 Å². The fourth-order valence-corrected chi connectivity index (χ4v) is 5.25. The van der Waals surface area contributed by atoms with Crippen molar-refractivity contribution < 1.29 is 17.9 Å². The Kier molecular flexibility index (Phi) is 8.70. The number of nitrogens with one attached hydrogen (secondary N) is 1. The van der Waals surface area contributed by atoms with Gasteiger partial charge in [-0.15, -0.1) is 12.4 Å². The van der Waals surface area contributed by atoms with Gasteiger partial charge in [-0.05, 0) is 44.0 Å². The predicted octanol–water partition coefficient (Wildman–Crippen LogP) is 1.59. The van der Waals surface area contributed by atoms with Crippen molar-refractivity contribution in [3.8, 4) is 0 Å². The Morgan fingerprint density at radius 1 is 1.14 bits per heavy atom. The zero-order valence-corrected chi connectivity index (χ0v) is 17.9. The monoisotopic (exact) mass is 431 g/mol. The van der Waals surface area contributed by atoms with Crippen LogP contribution in [-0.4, -0.2) is 76.0 Å². The zero-order valence-electron chi connectivity index (χ0n) is 16.3. The summed E-state index contributed by atoms with van der Waals surface area (Å²) in [5.41, 5.74) is 0.272. The van der Waals surface area contributed by atoms with Crippen molar-refractivity contribution >= 4 is 28.3 Å². The number of carbonyl (C=O) groups is 1. The van der Waals surface area contributed by atoms with Crippen molar-refractivity contribution in [3.63, 3.8) is 0 Å². The van der Waals surface area contributed by atoms with Crippen molar-refractivity contribution in [2.24, 2.45) is 5.92 Å². The van der Waals surface area contributed by atoms with E-state index in [9.17, 15) is 13.2 Å². The maximum Gasteiger partial charge on any atom is 0.255 e. The molecule has 0 aliphatic carbocycles. The number of benzene rings is 1. The van der Waals surface area contributed by atoms with Gasteiger partial charge in [0.05, 0.1) is 23.7 Å². The summed E-state index contributed by atoms with van der Waals surface area (Å²) in [5.74, 6) is 0.380. The number of nitrogens with zero attached hydrogens (tertiary/aromatic N) is 2. The first kappa shape index (κ1) is 23.1. The van der Waals surface area contributed by atoms with Crippen LogP contribution in [0.25, 0.3) is 0 Å². The number of morpholine rings is 1. The van der Waals surface area contributed by atoms with Crippen LogP contribution in [0.4, 0.5) is 0 Å². The molecule has 0 unspecified atom stereocenters. The first-order chi connectivity index (χ1) is 13.0. The van der Waals surface area contributed by atoms with Crippen molar-refractivity contribution in [1.29, 1.82) is 0 Å². The van der Waals surface area contributed by atoms with Gasteiger partial charge < -0.3 is 15.0 Å². The number of carbonyl (C=O) groups excluding carboxylic acids is 1. The molecule has 3 rings (SSSR count). The smallest absolute Gasteiger partial charge is 0.255 e. The largest absolute Gasteiger partial charge is 0.379 e. The van der Waals surface area contributed by atoms with Gasteiger partial charge in [0, 0.05) is 26.2 Å². The maximum absolute atomic E-state index is 13.1. The van der Waals surface area contributed by atoms with Gasteiger partial charge in [0.15, 0.2) is 0 Å². The second-order valence-corrected chi connectivity index (χ2v) is 8.96. The summed E-state index contributed by atoms with van der Waals surface area (Å²) in [6, 6.07) is 6.56. The molecule has 7 nitrogen and oxygen atoms in total. The van der Waals surface area contributed by atoms with E-state index >= 15 is 0 Å². The molecule has 9 heteroatoms. The number of hydrogen-bond donors (Lipinski definition) is 1. The molecule has 2 heterocycles. The molecule has 0 aromatic heterocycles. The molecule has 0 spiro atoms. The third-order valence-corrected chi connectivity index (χ3v) is 7.25. The second kappa shape index (κ2) is 10.5. The number of halogens is 1. The molecule has 28 heavy (non-hydrogen) atoms. The van der Waals surface area contributed by atoms with E-state index in [1.807, 2.05) is 0 Å². The molecule has 0 radical (unpaired) electrons. The number of rotatable bonds is 6. The predicted molar refractivity (Wildman–Crippen MR) is 110 cm³/mol. The molecule has 0 bridgehead atoms. The van der Waals surface area contributed by atoms with Crippen LogP contribution >= 0.6 is 12.4 Å². The van der Waals surface area contributed by atoms with Crippen molar-refractivity contribution in [2.45, 2.75) is 24.7 Å². The average molecular weight is 432 g/mol. The van der Waals surface area contributed by atoms with Gasteiger partial charge in [0.2, 0.25) is 10.0 Å². The van der Waals surface area contributed by atoms with Gasteiger partial charge in [-0.3, -0.25) is 4.79 Å². The molecule has 2 saturated heterocycles. The Labute approximate surface area is 173 Å². The molecule has 1 N–H and O–H groups in total. The molecule has 0 atom stereocenters. The first-order valence-electron chi connectivity index (χ1n) is 9.71. The molecule has 1 aromatic rings. The Hall–Kier alpha value is -1.19. The van der Waals surface area contributed by atoms with Crippen LogP contribution < -0.4 is 5.32 Å². The second-order valence-electron chi connectivity index (χ2n) is 7.06. The van der Waals surface area contributed by atoms with E-state index in [0.29, 0.717) is 45.3 Å². The van der Waals surface area contributed by atoms with E-state index in [2.05, 4.69) is 12.2 Å². The van der Waals surface area contributed by atoms with Crippen molar-refractivity contribution in [2.75, 3.05) is 52.5 Å². The standard InChI is InChI=1S/C19H29N3O4S.ClH/c1-2-20-15-16-7-9-21(10-8-16)19(23)17-5-3-4-6-18(17)27(24,25)22-11-13-26-14-12-22;/h3-6,16,20H,2,7-15H2,1H3;1H. The fourth-order valence-electron chi connectivity index (χ4n) is 3.65. The lowest BCUT2D eigenvalue weighted by Crippen LogP contribution is -2.43. The van der Waals surface area contributed by atoms with Crippen molar-refractivity contribution in [1.82, 2.24) is 14.5 Å². The van der Waals surface area contributed by atoms with Crippen LogP contribution in [0.2, 0.25) is 0 Å². The van der Waals surface area contributed by atoms with Gasteiger partial charge in [-0.25, -0.2) is 8.42 Å². The highest BCUT2D eigenvalue weighted by atomic mass is 35.5. The number of ether oxygens (including phenoxy) is 1. The lowest BCUT2D eigenvalue weighted by molar-refractivity contribution is 0.0683. The third kappa shape index (κ3) is 5.24. The van der Waals surface area contributed by atoms with E-state index in [4.69, 9.17) is 4.74 Å². The first-order valence-corrected chi connectivity index (χ1v) is 11.1. The molecular weight excluding hydrogens is 402 g/mol. The van der Waals surface area contributed by atoms with Crippen LogP contribution in [0.15, 0.2) is 29.2 Å². The summed E-state index contributed by atoms with van der Waals surface area (Å²) >= 11 is 0. The Bertz CT molecular complexity index is 745. The van der Waals surface area contributed by atoms with Gasteiger partial charge >= 0.3 is 0 Å². The van der Waals surface area contributed by atoms with Gasteiger partial charge in [0.1, 0.15) is 0 Å². The van der Waals surface area contributed by atoms with Crippen LogP contribution in [0.1, 0.15) is 30.1 Å². The summed E-state index contributed by atoms with van der Waals surface area (Å²) in [5, 5.41) is 3.36. The van der Waals surface area contributed by atoms with Crippen LogP contribution in [0.5, 0.6) is 0 Å². The lowest BCUT2D eigenvalue weighted by Gasteiger charge is -2.33. The maximum atomic E-state index is 13.1. The fraction of sp³-hybridized carbons (Fsp3) is 0.632. The Balaban J connectivity index is 0.00000280. The lowest BCUT2D eigenvalue weighted by atomic mass is 9.96. The molecule has 2 aliphatic heterocycles. The van der Waals surface area contributed by atoms with E-state index in [-0.39, 0.29) is 28.8 Å². The number of sulfonamides is 1. The topological polar surface area (TPSA) is 79.0 Å². The van der Waals surface area contributed by atoms with E-state index in [1.54, 1.807) is 23.1 Å². The van der Waals surface area contributed by atoms with Crippen molar-refractivity contribution in [3.05, 3.63) is 29.8 Å². The highest BCUT2D eigenvalue weighted by Crippen LogP contribution is 2.25. The number of likely N-dealkylation sites (tertiary alicyclic amines) is 1. The van der Waals surface area contributed by atoms with E-state index < -0.39 is 10.0 Å². The molecule has 2 aliphatic rings. The third-order valence-electron chi connectivity index (χ3n) is 5.29.